The number of carbonyl (C=O) groups is 5. The van der Waals surface area contributed by atoms with E-state index in [9.17, 15) is 24.0 Å². The molecule has 190 valence electrons. The Bertz CT molecular complexity index is 928. The summed E-state index contributed by atoms with van der Waals surface area (Å²) in [6.45, 7) is 2.84. The van der Waals surface area contributed by atoms with Gasteiger partial charge in [-0.2, -0.15) is 0 Å². The third-order valence-corrected chi connectivity index (χ3v) is 5.31. The number of benzene rings is 1. The molecule has 2 amide bonds. The fourth-order valence-corrected chi connectivity index (χ4v) is 3.57. The van der Waals surface area contributed by atoms with Crippen LogP contribution in [-0.2, 0) is 39.8 Å². The van der Waals surface area contributed by atoms with Crippen molar-refractivity contribution in [1.29, 1.82) is 0 Å². The Kier molecular flexibility index (Phi) is 11.2. The topological polar surface area (TPSA) is 137 Å². The molecule has 10 nitrogen and oxygen atoms in total. The summed E-state index contributed by atoms with van der Waals surface area (Å²) in [6, 6.07) is 8.68. The summed E-state index contributed by atoms with van der Waals surface area (Å²) in [6.07, 6.45) is 0.576. The van der Waals surface area contributed by atoms with Gasteiger partial charge in [0, 0.05) is 20.0 Å². The maximum atomic E-state index is 13.2. The molecule has 35 heavy (non-hydrogen) atoms. The summed E-state index contributed by atoms with van der Waals surface area (Å²) in [5.41, 5.74) is 0.900. The Balaban J connectivity index is 2.06. The van der Waals surface area contributed by atoms with Crippen LogP contribution in [-0.4, -0.2) is 78.1 Å². The first-order valence-corrected chi connectivity index (χ1v) is 11.4. The summed E-state index contributed by atoms with van der Waals surface area (Å²) in [5, 5.41) is 8.65. The van der Waals surface area contributed by atoms with E-state index in [2.05, 4.69) is 0 Å². The minimum absolute atomic E-state index is 0.00872. The second-order valence-corrected chi connectivity index (χ2v) is 8.09. The van der Waals surface area contributed by atoms with Crippen LogP contribution in [0.25, 0.3) is 0 Å². The second-order valence-electron chi connectivity index (χ2n) is 8.09. The second kappa shape index (κ2) is 14.1. The monoisotopic (exact) mass is 489 g/mol. The highest BCUT2D eigenvalue weighted by molar-refractivity contribution is 6.04. The van der Waals surface area contributed by atoms with Gasteiger partial charge >= 0.3 is 12.1 Å². The Morgan fingerprint density at radius 1 is 1.17 bits per heavy atom. The number of hydrogen-bond donors (Lipinski definition) is 1. The molecule has 0 bridgehead atoms. The number of rotatable bonds is 14. The van der Waals surface area contributed by atoms with Crippen LogP contribution in [0.2, 0.25) is 0 Å². The number of nitrogens with zero attached hydrogens (tertiary/aromatic N) is 1. The molecular formula is C25H31NO9. The lowest BCUT2D eigenvalue weighted by Crippen LogP contribution is -2.48. The van der Waals surface area contributed by atoms with Gasteiger partial charge in [-0.25, -0.2) is 9.69 Å². The molecule has 0 saturated carbocycles. The largest absolute Gasteiger partial charge is 0.453 e. The highest BCUT2D eigenvalue weighted by atomic mass is 16.6. The number of allylic oxidation sites excluding steroid dienone is 1. The van der Waals surface area contributed by atoms with Crippen molar-refractivity contribution in [3.05, 3.63) is 48.0 Å². The van der Waals surface area contributed by atoms with Gasteiger partial charge < -0.3 is 19.3 Å². The Hall–Kier alpha value is -3.37. The van der Waals surface area contributed by atoms with Gasteiger partial charge in [0.2, 0.25) is 5.91 Å². The quantitative estimate of drug-likeness (QED) is 0.235. The zero-order valence-electron chi connectivity index (χ0n) is 19.9. The molecule has 1 aromatic rings. The van der Waals surface area contributed by atoms with Crippen molar-refractivity contribution in [3.8, 4) is 0 Å². The van der Waals surface area contributed by atoms with Crippen LogP contribution in [0.5, 0.6) is 0 Å². The van der Waals surface area contributed by atoms with Crippen LogP contribution in [0.4, 0.5) is 4.79 Å². The molecule has 3 unspecified atom stereocenters. The smallest absolute Gasteiger partial charge is 0.416 e. The van der Waals surface area contributed by atoms with Gasteiger partial charge in [-0.15, -0.1) is 0 Å². The number of cyclic esters (lactones) is 1. The van der Waals surface area contributed by atoms with Crippen LogP contribution in [0, 0.1) is 5.92 Å². The van der Waals surface area contributed by atoms with Crippen molar-refractivity contribution < 1.29 is 43.3 Å². The normalized spacial score (nSPS) is 17.2. The zero-order valence-corrected chi connectivity index (χ0v) is 19.9. The van der Waals surface area contributed by atoms with Gasteiger partial charge in [0.05, 0.1) is 25.2 Å². The first kappa shape index (κ1) is 27.9. The third-order valence-electron chi connectivity index (χ3n) is 5.31. The molecular weight excluding hydrogens is 458 g/mol. The van der Waals surface area contributed by atoms with E-state index in [1.807, 2.05) is 30.3 Å². The number of hydrogen-bond acceptors (Lipinski definition) is 9. The molecule has 2 rings (SSSR count). The SMILES string of the molecule is CC(=O)OC(C(=O)C=CC(=O)CCCOCCO)C(C)C(=O)N1C(=O)OCC1Cc1ccccc1. The summed E-state index contributed by atoms with van der Waals surface area (Å²) in [5.74, 6) is -3.79. The number of aliphatic hydroxyl groups excluding tert-OH is 1. The van der Waals surface area contributed by atoms with E-state index in [0.717, 1.165) is 29.5 Å². The molecule has 3 atom stereocenters. The first-order chi connectivity index (χ1) is 16.7. The van der Waals surface area contributed by atoms with Gasteiger partial charge in [0.25, 0.3) is 0 Å². The zero-order chi connectivity index (χ0) is 25.8. The molecule has 1 fully saturated rings. The molecule has 0 aliphatic carbocycles. The van der Waals surface area contributed by atoms with E-state index >= 15 is 0 Å². The summed E-state index contributed by atoms with van der Waals surface area (Å²) in [7, 11) is 0. The number of carbonyl (C=O) groups excluding carboxylic acids is 5. The van der Waals surface area contributed by atoms with E-state index < -0.39 is 41.8 Å². The van der Waals surface area contributed by atoms with E-state index in [1.165, 1.54) is 6.92 Å². The van der Waals surface area contributed by atoms with Crippen molar-refractivity contribution in [2.45, 2.75) is 45.3 Å². The van der Waals surface area contributed by atoms with Crippen molar-refractivity contribution in [3.63, 3.8) is 0 Å². The molecule has 1 heterocycles. The number of esters is 1. The van der Waals surface area contributed by atoms with E-state index in [0.29, 0.717) is 12.8 Å². The molecule has 1 aliphatic heterocycles. The van der Waals surface area contributed by atoms with Gasteiger partial charge in [0.15, 0.2) is 17.7 Å². The van der Waals surface area contributed by atoms with Crippen LogP contribution >= 0.6 is 0 Å². The van der Waals surface area contributed by atoms with Gasteiger partial charge in [-0.3, -0.25) is 19.2 Å². The van der Waals surface area contributed by atoms with Gasteiger partial charge in [-0.1, -0.05) is 30.3 Å². The van der Waals surface area contributed by atoms with Crippen molar-refractivity contribution in [2.24, 2.45) is 5.92 Å². The molecule has 0 aromatic heterocycles. The maximum Gasteiger partial charge on any atom is 0.416 e. The molecule has 1 aromatic carbocycles. The lowest BCUT2D eigenvalue weighted by molar-refractivity contribution is -0.158. The molecule has 1 saturated heterocycles. The van der Waals surface area contributed by atoms with Crippen molar-refractivity contribution in [2.75, 3.05) is 26.4 Å². The number of ether oxygens (including phenoxy) is 3. The maximum absolute atomic E-state index is 13.2. The summed E-state index contributed by atoms with van der Waals surface area (Å²) < 4.78 is 15.3. The fraction of sp³-hybridized carbons (Fsp3) is 0.480. The predicted octanol–water partition coefficient (Wildman–Crippen LogP) is 1.63. The predicted molar refractivity (Wildman–Crippen MR) is 123 cm³/mol. The van der Waals surface area contributed by atoms with Crippen molar-refractivity contribution in [1.82, 2.24) is 4.90 Å². The minimum atomic E-state index is -1.51. The van der Waals surface area contributed by atoms with Crippen LogP contribution in [0.15, 0.2) is 42.5 Å². The average molecular weight is 490 g/mol. The number of imide groups is 1. The van der Waals surface area contributed by atoms with Gasteiger partial charge in [0.1, 0.15) is 6.61 Å². The van der Waals surface area contributed by atoms with E-state index in [-0.39, 0.29) is 38.6 Å². The highest BCUT2D eigenvalue weighted by Gasteiger charge is 2.43. The lowest BCUT2D eigenvalue weighted by atomic mass is 9.97. The highest BCUT2D eigenvalue weighted by Crippen LogP contribution is 2.23. The third kappa shape index (κ3) is 8.73. The van der Waals surface area contributed by atoms with E-state index in [4.69, 9.17) is 19.3 Å². The Morgan fingerprint density at radius 3 is 2.54 bits per heavy atom. The first-order valence-electron chi connectivity index (χ1n) is 11.4. The van der Waals surface area contributed by atoms with Crippen LogP contribution < -0.4 is 0 Å². The van der Waals surface area contributed by atoms with E-state index in [1.54, 1.807) is 0 Å². The van der Waals surface area contributed by atoms with Gasteiger partial charge in [-0.05, 0) is 37.5 Å². The molecule has 0 radical (unpaired) electrons. The van der Waals surface area contributed by atoms with Crippen LogP contribution in [0.1, 0.15) is 32.3 Å². The molecule has 0 spiro atoms. The standard InChI is InChI=1S/C25H31NO9/c1-17(24(31)26-20(16-34-25(26)32)15-19-7-4-3-5-8-19)23(35-18(2)28)22(30)11-10-21(29)9-6-13-33-14-12-27/h3-5,7-8,10-11,17,20,23,27H,6,9,12-16H2,1-2H3. The number of aliphatic hydroxyl groups is 1. The Labute approximate surface area is 203 Å². The molecule has 1 N–H and O–H groups in total. The summed E-state index contributed by atoms with van der Waals surface area (Å²) in [4.78, 5) is 62.9. The minimum Gasteiger partial charge on any atom is -0.453 e. The Morgan fingerprint density at radius 2 is 1.89 bits per heavy atom. The average Bonchev–Trinajstić information content (AvgIpc) is 3.20. The molecule has 10 heteroatoms. The number of ketones is 2. The number of amides is 2. The van der Waals surface area contributed by atoms with Crippen LogP contribution in [0.3, 0.4) is 0 Å². The van der Waals surface area contributed by atoms with Crippen molar-refractivity contribution >= 4 is 29.5 Å². The molecule has 1 aliphatic rings. The fourth-order valence-electron chi connectivity index (χ4n) is 3.57. The lowest BCUT2D eigenvalue weighted by Gasteiger charge is -2.26. The summed E-state index contributed by atoms with van der Waals surface area (Å²) >= 11 is 0.